The first kappa shape index (κ1) is 9.65. The van der Waals surface area contributed by atoms with E-state index in [1.807, 2.05) is 12.1 Å². The normalized spacial score (nSPS) is 15.8. The zero-order valence-corrected chi connectivity index (χ0v) is 10.5. The van der Waals surface area contributed by atoms with Crippen molar-refractivity contribution in [2.75, 3.05) is 0 Å². The van der Waals surface area contributed by atoms with Crippen LogP contribution in [0.4, 0.5) is 0 Å². The van der Waals surface area contributed by atoms with E-state index in [1.54, 1.807) is 0 Å². The van der Waals surface area contributed by atoms with Crippen LogP contribution in [0.15, 0.2) is 48.5 Å². The number of fused-ring (bicyclic) bond motifs is 3. The summed E-state index contributed by atoms with van der Waals surface area (Å²) in [5, 5.41) is 0.685. The predicted molar refractivity (Wildman–Crippen MR) is 74.4 cm³/mol. The fourth-order valence-corrected chi connectivity index (χ4v) is 5.94. The highest BCUT2D eigenvalue weighted by Gasteiger charge is 2.30. The van der Waals surface area contributed by atoms with Crippen LogP contribution in [-0.4, -0.2) is 0 Å². The van der Waals surface area contributed by atoms with Crippen LogP contribution in [-0.2, 0) is 11.8 Å². The lowest BCUT2D eigenvalue weighted by Gasteiger charge is -2.10. The Morgan fingerprint density at radius 1 is 0.800 bits per heavy atom. The van der Waals surface area contributed by atoms with Crippen molar-refractivity contribution < 1.29 is 0 Å². The minimum Gasteiger partial charge on any atom is -0.133 e. The average Bonchev–Trinajstić information content (AvgIpc) is 2.51. The minimum atomic E-state index is -1.80. The Morgan fingerprint density at radius 3 is 1.67 bits per heavy atom. The number of thiol groups is 1. The molecule has 0 radical (unpaired) electrons. The van der Waals surface area contributed by atoms with Crippen molar-refractivity contribution in [1.82, 2.24) is 0 Å². The minimum absolute atomic E-state index is 1.24. The molecule has 0 unspecified atom stereocenters. The molecule has 0 saturated carbocycles. The van der Waals surface area contributed by atoms with Gasteiger partial charge in [-0.3, -0.25) is 0 Å². The van der Waals surface area contributed by atoms with E-state index in [2.05, 4.69) is 36.4 Å². The molecule has 0 bridgehead atoms. The first-order valence-electron chi connectivity index (χ1n) is 4.73. The Hall–Kier alpha value is -0.560. The molecular weight excluding hydrogens is 239 g/mol. The summed E-state index contributed by atoms with van der Waals surface area (Å²) in [6, 6.07) is 16.7. The van der Waals surface area contributed by atoms with Gasteiger partial charge in [-0.2, -0.15) is 0 Å². The van der Waals surface area contributed by atoms with Gasteiger partial charge in [0.1, 0.15) is 0 Å². The standard InChI is InChI=1S/C12H9PS2/c14-13(15)11-7-3-1-5-9(11)10-6-2-4-8-12(10)13/h1-8H,(H,14,15). The molecule has 0 spiro atoms. The fourth-order valence-electron chi connectivity index (χ4n) is 2.06. The van der Waals surface area contributed by atoms with Gasteiger partial charge in [0.05, 0.1) is 5.24 Å². The van der Waals surface area contributed by atoms with E-state index in [-0.39, 0.29) is 0 Å². The highest BCUT2D eigenvalue weighted by atomic mass is 32.9. The maximum atomic E-state index is 5.69. The van der Waals surface area contributed by atoms with Crippen LogP contribution in [0, 0.1) is 0 Å². The van der Waals surface area contributed by atoms with E-state index in [0.717, 1.165) is 0 Å². The van der Waals surface area contributed by atoms with Crippen molar-refractivity contribution in [2.24, 2.45) is 0 Å². The quantitative estimate of drug-likeness (QED) is 0.552. The number of rotatable bonds is 0. The topological polar surface area (TPSA) is 0 Å². The first-order valence-corrected chi connectivity index (χ1v) is 8.69. The van der Waals surface area contributed by atoms with Gasteiger partial charge in [-0.05, 0) is 11.1 Å². The zero-order valence-electron chi connectivity index (χ0n) is 7.92. The van der Waals surface area contributed by atoms with Gasteiger partial charge in [-0.25, -0.2) is 0 Å². The highest BCUT2D eigenvalue weighted by molar-refractivity contribution is 8.68. The number of hydrogen-bond donors (Lipinski definition) is 1. The first-order chi connectivity index (χ1) is 7.21. The smallest absolute Gasteiger partial charge is 0.0596 e. The van der Waals surface area contributed by atoms with Crippen molar-refractivity contribution in [3.8, 4) is 11.1 Å². The molecule has 15 heavy (non-hydrogen) atoms. The Bertz CT molecular complexity index is 540. The van der Waals surface area contributed by atoms with E-state index in [0.29, 0.717) is 0 Å². The summed E-state index contributed by atoms with van der Waals surface area (Å²) in [5.74, 6) is 0. The maximum Gasteiger partial charge on any atom is 0.0596 e. The zero-order chi connectivity index (χ0) is 10.5. The summed E-state index contributed by atoms with van der Waals surface area (Å²) in [7, 11) is 0. The Labute approximate surface area is 99.5 Å². The second kappa shape index (κ2) is 3.21. The van der Waals surface area contributed by atoms with E-state index in [1.165, 1.54) is 21.7 Å². The second-order valence-electron chi connectivity index (χ2n) is 3.61. The molecule has 3 heteroatoms. The molecule has 0 saturated heterocycles. The summed E-state index contributed by atoms with van der Waals surface area (Å²) in [6.45, 7) is 0. The van der Waals surface area contributed by atoms with Gasteiger partial charge in [0.25, 0.3) is 0 Å². The molecule has 0 aliphatic carbocycles. The summed E-state index contributed by atoms with van der Waals surface area (Å²) in [4.78, 5) is 0. The van der Waals surface area contributed by atoms with Gasteiger partial charge in [0.2, 0.25) is 0 Å². The summed E-state index contributed by atoms with van der Waals surface area (Å²) in [6.07, 6.45) is 0. The van der Waals surface area contributed by atoms with Crippen molar-refractivity contribution in [3.63, 3.8) is 0 Å². The van der Waals surface area contributed by atoms with Crippen LogP contribution in [0.25, 0.3) is 11.1 Å². The van der Waals surface area contributed by atoms with Crippen molar-refractivity contribution in [3.05, 3.63) is 48.5 Å². The molecule has 2 aromatic carbocycles. The molecule has 0 nitrogen and oxygen atoms in total. The number of hydrogen-bond acceptors (Lipinski definition) is 1. The molecule has 0 aromatic heterocycles. The average molecular weight is 248 g/mol. The van der Waals surface area contributed by atoms with Crippen molar-refractivity contribution in [2.45, 2.75) is 0 Å². The van der Waals surface area contributed by atoms with Gasteiger partial charge < -0.3 is 0 Å². The third-order valence-electron chi connectivity index (χ3n) is 2.75. The largest absolute Gasteiger partial charge is 0.133 e. The van der Waals surface area contributed by atoms with Crippen LogP contribution in [0.5, 0.6) is 0 Å². The molecule has 1 aliphatic rings. The van der Waals surface area contributed by atoms with Crippen LogP contribution in [0.2, 0.25) is 0 Å². The van der Waals surface area contributed by atoms with Crippen LogP contribution < -0.4 is 10.6 Å². The molecule has 0 atom stereocenters. The second-order valence-corrected chi connectivity index (χ2v) is 9.98. The van der Waals surface area contributed by atoms with E-state index in [4.69, 9.17) is 24.1 Å². The predicted octanol–water partition coefficient (Wildman–Crippen LogP) is 2.94. The molecule has 0 fully saturated rings. The monoisotopic (exact) mass is 248 g/mol. The van der Waals surface area contributed by atoms with Crippen molar-refractivity contribution >= 4 is 39.9 Å². The molecule has 1 aliphatic heterocycles. The van der Waals surface area contributed by atoms with Gasteiger partial charge in [0, 0.05) is 10.6 Å². The highest BCUT2D eigenvalue weighted by Crippen LogP contribution is 2.56. The third kappa shape index (κ3) is 1.25. The maximum absolute atomic E-state index is 5.69. The summed E-state index contributed by atoms with van der Waals surface area (Å²) in [5.41, 5.74) is 2.54. The summed E-state index contributed by atoms with van der Waals surface area (Å²) >= 11 is 10.4. The summed E-state index contributed by atoms with van der Waals surface area (Å²) < 4.78 is 0. The van der Waals surface area contributed by atoms with Crippen LogP contribution in [0.1, 0.15) is 0 Å². The lowest BCUT2D eigenvalue weighted by Crippen LogP contribution is -2.03. The van der Waals surface area contributed by atoms with E-state index >= 15 is 0 Å². The van der Waals surface area contributed by atoms with E-state index < -0.39 is 5.24 Å². The lowest BCUT2D eigenvalue weighted by atomic mass is 10.1. The molecule has 2 aromatic rings. The van der Waals surface area contributed by atoms with Gasteiger partial charge in [-0.1, -0.05) is 60.3 Å². The Morgan fingerprint density at radius 2 is 1.20 bits per heavy atom. The molecule has 0 N–H and O–H groups in total. The van der Waals surface area contributed by atoms with Gasteiger partial charge >= 0.3 is 0 Å². The van der Waals surface area contributed by atoms with Crippen molar-refractivity contribution in [1.29, 1.82) is 0 Å². The molecular formula is C12H9PS2. The van der Waals surface area contributed by atoms with Gasteiger partial charge in [-0.15, -0.1) is 12.2 Å². The van der Waals surface area contributed by atoms with Crippen LogP contribution >= 0.6 is 17.5 Å². The Kier molecular flexibility index (Phi) is 2.07. The van der Waals surface area contributed by atoms with Crippen LogP contribution in [0.3, 0.4) is 0 Å². The third-order valence-corrected chi connectivity index (χ3v) is 7.31. The fraction of sp³-hybridized carbons (Fsp3) is 0. The molecule has 74 valence electrons. The molecule has 1 heterocycles. The van der Waals surface area contributed by atoms with Gasteiger partial charge in [0.15, 0.2) is 0 Å². The lowest BCUT2D eigenvalue weighted by molar-refractivity contribution is 1.71. The number of benzene rings is 2. The SMILES string of the molecule is S=P1(S)c2ccccc2-c2ccccc21. The van der Waals surface area contributed by atoms with E-state index in [9.17, 15) is 0 Å². The molecule has 0 amide bonds. The molecule has 3 rings (SSSR count). The Balaban J connectivity index is 2.47.